The molecule has 0 bridgehead atoms. The van der Waals surface area contributed by atoms with Crippen molar-refractivity contribution in [1.29, 1.82) is 0 Å². The fourth-order valence-electron chi connectivity index (χ4n) is 3.51. The van der Waals surface area contributed by atoms with Crippen molar-refractivity contribution in [3.63, 3.8) is 0 Å². The lowest BCUT2D eigenvalue weighted by atomic mass is 9.71. The van der Waals surface area contributed by atoms with Crippen LogP contribution in [-0.4, -0.2) is 47.6 Å². The lowest BCUT2D eigenvalue weighted by Crippen LogP contribution is -2.58. The van der Waals surface area contributed by atoms with Crippen LogP contribution < -0.4 is 5.32 Å². The summed E-state index contributed by atoms with van der Waals surface area (Å²) >= 11 is 0. The van der Waals surface area contributed by atoms with Crippen LogP contribution in [0.2, 0.25) is 0 Å². The summed E-state index contributed by atoms with van der Waals surface area (Å²) in [5.41, 5.74) is -0.300. The zero-order valence-corrected chi connectivity index (χ0v) is 11.8. The number of hydrogen-bond acceptors (Lipinski definition) is 3. The van der Waals surface area contributed by atoms with Gasteiger partial charge in [0.15, 0.2) is 0 Å². The molecule has 2 rings (SSSR count). The molecule has 0 radical (unpaired) electrons. The van der Waals surface area contributed by atoms with E-state index in [1.165, 1.54) is 0 Å². The Morgan fingerprint density at radius 3 is 2.47 bits per heavy atom. The van der Waals surface area contributed by atoms with E-state index < -0.39 is 12.0 Å². The average Bonchev–Trinajstić information content (AvgIpc) is 2.35. The molecule has 2 fully saturated rings. The topological polar surface area (TPSA) is 69.6 Å². The highest BCUT2D eigenvalue weighted by Crippen LogP contribution is 2.40. The third kappa shape index (κ3) is 2.61. The number of hydrogen-bond donors (Lipinski definition) is 2. The van der Waals surface area contributed by atoms with Crippen LogP contribution in [0.15, 0.2) is 0 Å². The Balaban J connectivity index is 2.21. The molecule has 0 aromatic rings. The minimum Gasteiger partial charge on any atom is -0.480 e. The number of rotatable bonds is 3. The maximum Gasteiger partial charge on any atom is 0.326 e. The van der Waals surface area contributed by atoms with E-state index in [4.69, 9.17) is 0 Å². The molecule has 2 aliphatic rings. The van der Waals surface area contributed by atoms with Gasteiger partial charge in [0.1, 0.15) is 6.04 Å². The standard InChI is InChI=1S/C14H24N2O3/c1-10(2)11(12(17)18)16-9-3-4-14(13(16)19)5-7-15-8-6-14/h10-11,15H,3-9H2,1-2H3,(H,17,18)/t11-/m0/s1. The smallest absolute Gasteiger partial charge is 0.326 e. The molecule has 5 heteroatoms. The zero-order chi connectivity index (χ0) is 14.0. The summed E-state index contributed by atoms with van der Waals surface area (Å²) < 4.78 is 0. The van der Waals surface area contributed by atoms with Gasteiger partial charge in [-0.05, 0) is 44.7 Å². The van der Waals surface area contributed by atoms with Crippen LogP contribution in [0, 0.1) is 11.3 Å². The predicted molar refractivity (Wildman–Crippen MR) is 71.7 cm³/mol. The number of nitrogens with zero attached hydrogens (tertiary/aromatic N) is 1. The molecule has 0 aromatic carbocycles. The van der Waals surface area contributed by atoms with Crippen molar-refractivity contribution in [3.8, 4) is 0 Å². The third-order valence-electron chi connectivity index (χ3n) is 4.55. The Kier molecular flexibility index (Phi) is 4.13. The number of carbonyl (C=O) groups excluding carboxylic acids is 1. The fraction of sp³-hybridized carbons (Fsp3) is 0.857. The van der Waals surface area contributed by atoms with E-state index in [0.717, 1.165) is 38.8 Å². The second-order valence-corrected chi connectivity index (χ2v) is 6.16. The molecular weight excluding hydrogens is 244 g/mol. The van der Waals surface area contributed by atoms with Gasteiger partial charge in [-0.15, -0.1) is 0 Å². The molecule has 108 valence electrons. The molecule has 2 aliphatic heterocycles. The van der Waals surface area contributed by atoms with Crippen molar-refractivity contribution in [1.82, 2.24) is 10.2 Å². The van der Waals surface area contributed by atoms with Crippen LogP contribution in [0.3, 0.4) is 0 Å². The largest absolute Gasteiger partial charge is 0.480 e. The number of nitrogens with one attached hydrogen (secondary N) is 1. The lowest BCUT2D eigenvalue weighted by Gasteiger charge is -2.46. The monoisotopic (exact) mass is 268 g/mol. The van der Waals surface area contributed by atoms with Crippen molar-refractivity contribution in [2.45, 2.75) is 45.6 Å². The third-order valence-corrected chi connectivity index (χ3v) is 4.55. The summed E-state index contributed by atoms with van der Waals surface area (Å²) in [7, 11) is 0. The number of piperidine rings is 2. The molecule has 1 amide bonds. The predicted octanol–water partition coefficient (Wildman–Crippen LogP) is 1.09. The minimum atomic E-state index is -0.880. The summed E-state index contributed by atoms with van der Waals surface area (Å²) in [6, 6.07) is -0.681. The number of carboxylic acids is 1. The molecule has 1 spiro atoms. The second-order valence-electron chi connectivity index (χ2n) is 6.16. The first-order chi connectivity index (χ1) is 8.98. The molecule has 0 saturated carbocycles. The van der Waals surface area contributed by atoms with Crippen LogP contribution in [0.1, 0.15) is 39.5 Å². The van der Waals surface area contributed by atoms with Gasteiger partial charge < -0.3 is 15.3 Å². The second kappa shape index (κ2) is 5.49. The van der Waals surface area contributed by atoms with Gasteiger partial charge in [-0.3, -0.25) is 4.79 Å². The molecule has 19 heavy (non-hydrogen) atoms. The summed E-state index contributed by atoms with van der Waals surface area (Å²) in [4.78, 5) is 25.9. The summed E-state index contributed by atoms with van der Waals surface area (Å²) in [6.07, 6.45) is 3.51. The van der Waals surface area contributed by atoms with Crippen LogP contribution in [0.25, 0.3) is 0 Å². The Morgan fingerprint density at radius 2 is 1.95 bits per heavy atom. The van der Waals surface area contributed by atoms with E-state index in [1.807, 2.05) is 13.8 Å². The summed E-state index contributed by atoms with van der Waals surface area (Å²) in [5.74, 6) is -0.867. The average molecular weight is 268 g/mol. The highest BCUT2D eigenvalue weighted by Gasteiger charge is 2.47. The minimum absolute atomic E-state index is 0.0571. The van der Waals surface area contributed by atoms with Gasteiger partial charge in [0.25, 0.3) is 0 Å². The van der Waals surface area contributed by atoms with E-state index in [0.29, 0.717) is 6.54 Å². The Morgan fingerprint density at radius 1 is 1.32 bits per heavy atom. The Hall–Kier alpha value is -1.10. The molecule has 2 saturated heterocycles. The van der Waals surface area contributed by atoms with E-state index in [2.05, 4.69) is 5.32 Å². The summed E-state index contributed by atoms with van der Waals surface area (Å²) in [6.45, 7) is 6.05. The molecule has 0 aromatic heterocycles. The first-order valence-electron chi connectivity index (χ1n) is 7.22. The maximum absolute atomic E-state index is 12.8. The van der Waals surface area contributed by atoms with Gasteiger partial charge in [0.2, 0.25) is 5.91 Å². The van der Waals surface area contributed by atoms with Gasteiger partial charge >= 0.3 is 5.97 Å². The number of likely N-dealkylation sites (tertiary alicyclic amines) is 1. The molecule has 1 atom stereocenters. The van der Waals surface area contributed by atoms with E-state index in [9.17, 15) is 14.7 Å². The van der Waals surface area contributed by atoms with Crippen molar-refractivity contribution in [2.24, 2.45) is 11.3 Å². The van der Waals surface area contributed by atoms with E-state index in [1.54, 1.807) is 4.90 Å². The molecular formula is C14H24N2O3. The lowest BCUT2D eigenvalue weighted by molar-refractivity contribution is -0.162. The van der Waals surface area contributed by atoms with Gasteiger partial charge in [0, 0.05) is 6.54 Å². The van der Waals surface area contributed by atoms with Crippen molar-refractivity contribution in [2.75, 3.05) is 19.6 Å². The highest BCUT2D eigenvalue weighted by molar-refractivity contribution is 5.88. The normalized spacial score (nSPS) is 24.8. The molecule has 2 heterocycles. The van der Waals surface area contributed by atoms with Crippen molar-refractivity contribution in [3.05, 3.63) is 0 Å². The maximum atomic E-state index is 12.8. The Bertz CT molecular complexity index is 356. The van der Waals surface area contributed by atoms with E-state index in [-0.39, 0.29) is 17.2 Å². The number of carbonyl (C=O) groups is 2. The van der Waals surface area contributed by atoms with Crippen molar-refractivity contribution < 1.29 is 14.7 Å². The highest BCUT2D eigenvalue weighted by atomic mass is 16.4. The van der Waals surface area contributed by atoms with Crippen LogP contribution in [-0.2, 0) is 9.59 Å². The summed E-state index contributed by atoms with van der Waals surface area (Å²) in [5, 5.41) is 12.7. The van der Waals surface area contributed by atoms with Gasteiger partial charge in [0.05, 0.1) is 5.41 Å². The van der Waals surface area contributed by atoms with Gasteiger partial charge in [-0.1, -0.05) is 13.8 Å². The van der Waals surface area contributed by atoms with E-state index >= 15 is 0 Å². The number of amides is 1. The van der Waals surface area contributed by atoms with Gasteiger partial charge in [-0.2, -0.15) is 0 Å². The first kappa shape index (κ1) is 14.3. The van der Waals surface area contributed by atoms with Crippen LogP contribution in [0.4, 0.5) is 0 Å². The Labute approximate surface area is 114 Å². The molecule has 0 aliphatic carbocycles. The molecule has 5 nitrogen and oxygen atoms in total. The first-order valence-corrected chi connectivity index (χ1v) is 7.22. The van der Waals surface area contributed by atoms with Crippen molar-refractivity contribution >= 4 is 11.9 Å². The number of carboxylic acid groups (broad SMARTS) is 1. The quantitative estimate of drug-likeness (QED) is 0.804. The molecule has 0 unspecified atom stereocenters. The SMILES string of the molecule is CC(C)[C@@H](C(=O)O)N1CCCC2(CCNCC2)C1=O. The molecule has 2 N–H and O–H groups in total. The fourth-order valence-corrected chi connectivity index (χ4v) is 3.51. The number of aliphatic carboxylic acids is 1. The zero-order valence-electron chi connectivity index (χ0n) is 11.8. The van der Waals surface area contributed by atoms with Gasteiger partial charge in [-0.25, -0.2) is 4.79 Å². The van der Waals surface area contributed by atoms with Crippen LogP contribution >= 0.6 is 0 Å². The van der Waals surface area contributed by atoms with Crippen LogP contribution in [0.5, 0.6) is 0 Å².